The summed E-state index contributed by atoms with van der Waals surface area (Å²) in [6, 6.07) is 12.7. The van der Waals surface area contributed by atoms with Crippen LogP contribution >= 0.6 is 11.6 Å². The van der Waals surface area contributed by atoms with Gasteiger partial charge in [0, 0.05) is 24.0 Å². The number of rotatable bonds is 4. The topological polar surface area (TPSA) is 65.4 Å². The Balaban J connectivity index is 1.57. The maximum atomic E-state index is 12.6. The molecule has 1 N–H and O–H groups in total. The van der Waals surface area contributed by atoms with E-state index in [2.05, 4.69) is 10.3 Å². The van der Waals surface area contributed by atoms with Crippen molar-refractivity contribution in [2.24, 2.45) is 0 Å². The summed E-state index contributed by atoms with van der Waals surface area (Å²) in [6.07, 6.45) is 3.18. The lowest BCUT2D eigenvalue weighted by Crippen LogP contribution is -2.23. The fraction of sp³-hybridized carbons (Fsp3) is 0.111. The molecule has 0 aliphatic carbocycles. The minimum absolute atomic E-state index is 0.233. The van der Waals surface area contributed by atoms with Crippen molar-refractivity contribution in [1.82, 2.24) is 9.55 Å². The molecular formula is C18H14ClN3O3. The lowest BCUT2D eigenvalue weighted by Gasteiger charge is -2.10. The third kappa shape index (κ3) is 3.16. The highest BCUT2D eigenvalue weighted by Gasteiger charge is 2.13. The highest BCUT2D eigenvalue weighted by molar-refractivity contribution is 6.30. The summed E-state index contributed by atoms with van der Waals surface area (Å²) in [7, 11) is 0. The first kappa shape index (κ1) is 15.5. The molecule has 0 saturated carbocycles. The highest BCUT2D eigenvalue weighted by atomic mass is 35.5. The number of anilines is 1. The molecule has 1 aromatic heterocycles. The Hall–Kier alpha value is -2.99. The monoisotopic (exact) mass is 355 g/mol. The average Bonchev–Trinajstić information content (AvgIpc) is 3.08. The number of fused-ring (bicyclic) bond motifs is 1. The molecule has 0 saturated heterocycles. The Morgan fingerprint density at radius 3 is 2.92 bits per heavy atom. The summed E-state index contributed by atoms with van der Waals surface area (Å²) in [5, 5.41) is 3.64. The molecule has 0 amide bonds. The van der Waals surface area contributed by atoms with Crippen molar-refractivity contribution in [3.05, 3.63) is 75.8 Å². The molecule has 2 heterocycles. The van der Waals surface area contributed by atoms with E-state index in [-0.39, 0.29) is 18.2 Å². The summed E-state index contributed by atoms with van der Waals surface area (Å²) < 4.78 is 12.2. The van der Waals surface area contributed by atoms with E-state index in [1.165, 1.54) is 4.57 Å². The molecule has 0 spiro atoms. The van der Waals surface area contributed by atoms with E-state index in [0.29, 0.717) is 23.0 Å². The predicted octanol–water partition coefficient (Wildman–Crippen LogP) is 3.23. The van der Waals surface area contributed by atoms with E-state index in [1.54, 1.807) is 30.6 Å². The lowest BCUT2D eigenvalue weighted by molar-refractivity contribution is 0.174. The molecule has 4 rings (SSSR count). The number of benzene rings is 2. The van der Waals surface area contributed by atoms with E-state index in [1.807, 2.05) is 24.3 Å². The molecule has 0 radical (unpaired) electrons. The molecule has 1 aliphatic rings. The van der Waals surface area contributed by atoms with Crippen LogP contribution < -0.4 is 20.3 Å². The number of hydrogen-bond acceptors (Lipinski definition) is 5. The van der Waals surface area contributed by atoms with Crippen LogP contribution in [-0.4, -0.2) is 16.3 Å². The van der Waals surface area contributed by atoms with Crippen LogP contribution in [-0.2, 0) is 6.54 Å². The van der Waals surface area contributed by atoms with E-state index < -0.39 is 0 Å². The third-order valence-electron chi connectivity index (χ3n) is 3.82. The Bertz CT molecular complexity index is 987. The molecule has 126 valence electrons. The molecule has 2 aromatic carbocycles. The van der Waals surface area contributed by atoms with Gasteiger partial charge >= 0.3 is 0 Å². The summed E-state index contributed by atoms with van der Waals surface area (Å²) in [5.41, 5.74) is 1.40. The van der Waals surface area contributed by atoms with Gasteiger partial charge in [0.25, 0.3) is 5.56 Å². The van der Waals surface area contributed by atoms with Crippen LogP contribution in [0.25, 0.3) is 5.69 Å². The molecule has 7 heteroatoms. The molecule has 0 bridgehead atoms. The molecule has 1 aliphatic heterocycles. The first-order valence-electron chi connectivity index (χ1n) is 7.67. The highest BCUT2D eigenvalue weighted by Crippen LogP contribution is 2.32. The van der Waals surface area contributed by atoms with Crippen molar-refractivity contribution >= 4 is 17.4 Å². The van der Waals surface area contributed by atoms with Gasteiger partial charge in [-0.05, 0) is 35.9 Å². The van der Waals surface area contributed by atoms with Gasteiger partial charge in [-0.15, -0.1) is 0 Å². The fourth-order valence-corrected chi connectivity index (χ4v) is 2.78. The summed E-state index contributed by atoms with van der Waals surface area (Å²) in [4.78, 5) is 16.8. The molecule has 6 nitrogen and oxygen atoms in total. The van der Waals surface area contributed by atoms with Gasteiger partial charge in [-0.2, -0.15) is 0 Å². The second-order valence-corrected chi connectivity index (χ2v) is 5.91. The number of nitrogens with one attached hydrogen (secondary N) is 1. The fourth-order valence-electron chi connectivity index (χ4n) is 2.60. The zero-order valence-electron chi connectivity index (χ0n) is 13.1. The van der Waals surface area contributed by atoms with Crippen molar-refractivity contribution in [2.45, 2.75) is 6.54 Å². The van der Waals surface area contributed by atoms with Crippen LogP contribution in [0, 0.1) is 0 Å². The molecule has 0 atom stereocenters. The Labute approximate surface area is 148 Å². The predicted molar refractivity (Wildman–Crippen MR) is 94.7 cm³/mol. The van der Waals surface area contributed by atoms with E-state index in [0.717, 1.165) is 11.3 Å². The minimum Gasteiger partial charge on any atom is -0.454 e. The second kappa shape index (κ2) is 6.49. The first-order chi connectivity index (χ1) is 12.2. The van der Waals surface area contributed by atoms with E-state index in [4.69, 9.17) is 21.1 Å². The van der Waals surface area contributed by atoms with Crippen LogP contribution in [0.2, 0.25) is 5.02 Å². The molecular weight excluding hydrogens is 342 g/mol. The molecule has 0 fully saturated rings. The van der Waals surface area contributed by atoms with Gasteiger partial charge in [0.2, 0.25) is 6.79 Å². The normalized spacial score (nSPS) is 12.2. The van der Waals surface area contributed by atoms with Crippen molar-refractivity contribution < 1.29 is 9.47 Å². The summed E-state index contributed by atoms with van der Waals surface area (Å²) in [5.74, 6) is 1.70. The zero-order chi connectivity index (χ0) is 17.2. The van der Waals surface area contributed by atoms with Gasteiger partial charge in [0.15, 0.2) is 17.3 Å². The van der Waals surface area contributed by atoms with Crippen LogP contribution in [0.4, 0.5) is 5.82 Å². The second-order valence-electron chi connectivity index (χ2n) is 5.47. The minimum atomic E-state index is -0.245. The van der Waals surface area contributed by atoms with Gasteiger partial charge in [-0.25, -0.2) is 4.98 Å². The Kier molecular flexibility index (Phi) is 4.03. The Morgan fingerprint density at radius 2 is 2.04 bits per heavy atom. The standard InChI is InChI=1S/C18H14ClN3O3/c19-13-2-1-3-14(9-13)22-7-6-20-17(18(22)23)21-10-12-4-5-15-16(8-12)25-11-24-15/h1-9H,10-11H2,(H,20,21). The van der Waals surface area contributed by atoms with Crippen LogP contribution in [0.3, 0.4) is 0 Å². The number of hydrogen-bond donors (Lipinski definition) is 1. The largest absolute Gasteiger partial charge is 0.454 e. The number of halogens is 1. The van der Waals surface area contributed by atoms with Crippen LogP contribution in [0.5, 0.6) is 11.5 Å². The van der Waals surface area contributed by atoms with Crippen molar-refractivity contribution in [3.63, 3.8) is 0 Å². The quantitative estimate of drug-likeness (QED) is 0.778. The first-order valence-corrected chi connectivity index (χ1v) is 8.04. The van der Waals surface area contributed by atoms with Crippen LogP contribution in [0.1, 0.15) is 5.56 Å². The summed E-state index contributed by atoms with van der Waals surface area (Å²) >= 11 is 6.01. The average molecular weight is 356 g/mol. The Morgan fingerprint density at radius 1 is 1.16 bits per heavy atom. The number of nitrogens with zero attached hydrogens (tertiary/aromatic N) is 2. The van der Waals surface area contributed by atoms with Gasteiger partial charge in [0.05, 0.1) is 5.69 Å². The van der Waals surface area contributed by atoms with E-state index in [9.17, 15) is 4.79 Å². The van der Waals surface area contributed by atoms with Crippen molar-refractivity contribution in [3.8, 4) is 17.2 Å². The molecule has 3 aromatic rings. The third-order valence-corrected chi connectivity index (χ3v) is 4.06. The SMILES string of the molecule is O=c1c(NCc2ccc3c(c2)OCO3)nccn1-c1cccc(Cl)c1. The van der Waals surface area contributed by atoms with Crippen molar-refractivity contribution in [2.75, 3.05) is 12.1 Å². The van der Waals surface area contributed by atoms with Gasteiger partial charge in [0.1, 0.15) is 0 Å². The van der Waals surface area contributed by atoms with Gasteiger partial charge in [-0.3, -0.25) is 9.36 Å². The lowest BCUT2D eigenvalue weighted by atomic mass is 10.2. The van der Waals surface area contributed by atoms with Gasteiger partial charge < -0.3 is 14.8 Å². The van der Waals surface area contributed by atoms with Gasteiger partial charge in [-0.1, -0.05) is 23.7 Å². The molecule has 0 unspecified atom stereocenters. The number of ether oxygens (including phenoxy) is 2. The summed E-state index contributed by atoms with van der Waals surface area (Å²) in [6.45, 7) is 0.676. The van der Waals surface area contributed by atoms with E-state index >= 15 is 0 Å². The maximum Gasteiger partial charge on any atom is 0.297 e. The van der Waals surface area contributed by atoms with Crippen molar-refractivity contribution in [1.29, 1.82) is 0 Å². The zero-order valence-corrected chi connectivity index (χ0v) is 13.9. The number of aromatic nitrogens is 2. The van der Waals surface area contributed by atoms with Crippen LogP contribution in [0.15, 0.2) is 59.7 Å². The smallest absolute Gasteiger partial charge is 0.297 e. The molecule has 25 heavy (non-hydrogen) atoms. The maximum absolute atomic E-state index is 12.6.